The van der Waals surface area contributed by atoms with Crippen LogP contribution in [0, 0.1) is 12.7 Å². The molecule has 122 valence electrons. The highest BCUT2D eigenvalue weighted by atomic mass is 32.2. The lowest BCUT2D eigenvalue weighted by Crippen LogP contribution is -2.22. The first kappa shape index (κ1) is 17.1. The first-order chi connectivity index (χ1) is 10.7. The highest BCUT2D eigenvalue weighted by Crippen LogP contribution is 2.18. The SMILES string of the molecule is Cc1ccc(F)cc1NC(=O)c1ccc(S(=O)(=O)N(C)C)cc1. The molecule has 1 amide bonds. The Labute approximate surface area is 134 Å². The Balaban J connectivity index is 2.23. The summed E-state index contributed by atoms with van der Waals surface area (Å²) in [5.74, 6) is -0.883. The van der Waals surface area contributed by atoms with E-state index in [0.717, 1.165) is 9.87 Å². The summed E-state index contributed by atoms with van der Waals surface area (Å²) in [5, 5.41) is 2.61. The number of aryl methyl sites for hydroxylation is 1. The Bertz CT molecular complexity index is 831. The van der Waals surface area contributed by atoms with Gasteiger partial charge in [-0.15, -0.1) is 0 Å². The Kier molecular flexibility index (Phi) is 4.82. The van der Waals surface area contributed by atoms with E-state index in [1.165, 1.54) is 50.5 Å². The van der Waals surface area contributed by atoms with Crippen molar-refractivity contribution in [2.45, 2.75) is 11.8 Å². The van der Waals surface area contributed by atoms with Gasteiger partial charge in [-0.05, 0) is 48.9 Å². The minimum atomic E-state index is -3.54. The number of nitrogens with one attached hydrogen (secondary N) is 1. The molecule has 0 fully saturated rings. The van der Waals surface area contributed by atoms with Gasteiger partial charge in [0.2, 0.25) is 10.0 Å². The minimum absolute atomic E-state index is 0.0981. The molecule has 0 unspecified atom stereocenters. The van der Waals surface area contributed by atoms with Crippen LogP contribution in [0.1, 0.15) is 15.9 Å². The molecule has 2 aromatic carbocycles. The number of amides is 1. The summed E-state index contributed by atoms with van der Waals surface area (Å²) in [6, 6.07) is 9.67. The van der Waals surface area contributed by atoms with Gasteiger partial charge in [0, 0.05) is 25.3 Å². The van der Waals surface area contributed by atoms with Crippen molar-refractivity contribution in [3.8, 4) is 0 Å². The number of nitrogens with zero attached hydrogens (tertiary/aromatic N) is 1. The summed E-state index contributed by atoms with van der Waals surface area (Å²) >= 11 is 0. The van der Waals surface area contributed by atoms with Gasteiger partial charge in [-0.25, -0.2) is 17.1 Å². The zero-order valence-electron chi connectivity index (χ0n) is 13.0. The van der Waals surface area contributed by atoms with Gasteiger partial charge in [-0.2, -0.15) is 0 Å². The highest BCUT2D eigenvalue weighted by Gasteiger charge is 2.17. The number of sulfonamides is 1. The van der Waals surface area contributed by atoms with Crippen LogP contribution in [-0.2, 0) is 10.0 Å². The lowest BCUT2D eigenvalue weighted by molar-refractivity contribution is 0.102. The Morgan fingerprint density at radius 2 is 1.70 bits per heavy atom. The van der Waals surface area contributed by atoms with Crippen molar-refractivity contribution in [3.63, 3.8) is 0 Å². The van der Waals surface area contributed by atoms with Crippen molar-refractivity contribution in [1.29, 1.82) is 0 Å². The van der Waals surface area contributed by atoms with E-state index in [0.29, 0.717) is 5.69 Å². The first-order valence-corrected chi connectivity index (χ1v) is 8.26. The average Bonchev–Trinajstić information content (AvgIpc) is 2.50. The molecule has 0 atom stereocenters. The van der Waals surface area contributed by atoms with E-state index < -0.39 is 21.7 Å². The van der Waals surface area contributed by atoms with Gasteiger partial charge in [0.15, 0.2) is 0 Å². The van der Waals surface area contributed by atoms with Gasteiger partial charge >= 0.3 is 0 Å². The topological polar surface area (TPSA) is 66.5 Å². The number of carbonyl (C=O) groups is 1. The molecule has 7 heteroatoms. The largest absolute Gasteiger partial charge is 0.322 e. The maximum Gasteiger partial charge on any atom is 0.255 e. The third-order valence-electron chi connectivity index (χ3n) is 3.34. The number of carbonyl (C=O) groups excluding carboxylic acids is 1. The maximum atomic E-state index is 13.2. The molecule has 5 nitrogen and oxygen atoms in total. The van der Waals surface area contributed by atoms with Crippen molar-refractivity contribution >= 4 is 21.6 Å². The second-order valence-corrected chi connectivity index (χ2v) is 7.38. The minimum Gasteiger partial charge on any atom is -0.322 e. The monoisotopic (exact) mass is 336 g/mol. The number of rotatable bonds is 4. The zero-order chi connectivity index (χ0) is 17.2. The van der Waals surface area contributed by atoms with Gasteiger partial charge in [0.25, 0.3) is 5.91 Å². The van der Waals surface area contributed by atoms with Crippen LogP contribution in [0.4, 0.5) is 10.1 Å². The Morgan fingerprint density at radius 1 is 1.09 bits per heavy atom. The molecule has 23 heavy (non-hydrogen) atoms. The number of hydrogen-bond donors (Lipinski definition) is 1. The standard InChI is InChI=1S/C16H17FN2O3S/c1-11-4-7-13(17)10-15(11)18-16(20)12-5-8-14(9-6-12)23(21,22)19(2)3/h4-10H,1-3H3,(H,18,20). The third kappa shape index (κ3) is 3.75. The molecule has 0 saturated heterocycles. The molecule has 2 rings (SSSR count). The fourth-order valence-electron chi connectivity index (χ4n) is 1.91. The predicted octanol–water partition coefficient (Wildman–Crippen LogP) is 2.64. The van der Waals surface area contributed by atoms with E-state index in [-0.39, 0.29) is 10.5 Å². The van der Waals surface area contributed by atoms with E-state index in [9.17, 15) is 17.6 Å². The van der Waals surface area contributed by atoms with Crippen molar-refractivity contribution in [3.05, 3.63) is 59.4 Å². The molecule has 0 aliphatic carbocycles. The first-order valence-electron chi connectivity index (χ1n) is 6.82. The second kappa shape index (κ2) is 6.47. The maximum absolute atomic E-state index is 13.2. The predicted molar refractivity (Wildman–Crippen MR) is 86.4 cm³/mol. The number of halogens is 1. The molecule has 0 aromatic heterocycles. The quantitative estimate of drug-likeness (QED) is 0.933. The van der Waals surface area contributed by atoms with Crippen LogP contribution in [0.25, 0.3) is 0 Å². The van der Waals surface area contributed by atoms with E-state index in [4.69, 9.17) is 0 Å². The van der Waals surface area contributed by atoms with E-state index in [2.05, 4.69) is 5.32 Å². The van der Waals surface area contributed by atoms with Gasteiger partial charge in [0.1, 0.15) is 5.82 Å². The normalized spacial score (nSPS) is 11.5. The second-order valence-electron chi connectivity index (χ2n) is 5.23. The lowest BCUT2D eigenvalue weighted by atomic mass is 10.1. The van der Waals surface area contributed by atoms with Gasteiger partial charge in [0.05, 0.1) is 4.90 Å². The molecular weight excluding hydrogens is 319 g/mol. The molecule has 0 spiro atoms. The van der Waals surface area contributed by atoms with Crippen molar-refractivity contribution in [2.24, 2.45) is 0 Å². The number of benzene rings is 2. The smallest absolute Gasteiger partial charge is 0.255 e. The van der Waals surface area contributed by atoms with Crippen molar-refractivity contribution < 1.29 is 17.6 Å². The lowest BCUT2D eigenvalue weighted by Gasteiger charge is -2.12. The fraction of sp³-hybridized carbons (Fsp3) is 0.188. The summed E-state index contributed by atoms with van der Waals surface area (Å²) in [4.78, 5) is 12.3. The molecule has 1 N–H and O–H groups in total. The molecule has 0 bridgehead atoms. The third-order valence-corrected chi connectivity index (χ3v) is 5.17. The van der Waals surface area contributed by atoms with Crippen LogP contribution in [-0.4, -0.2) is 32.7 Å². The molecule has 0 heterocycles. The Hall–Kier alpha value is -2.25. The van der Waals surface area contributed by atoms with Gasteiger partial charge < -0.3 is 5.32 Å². The van der Waals surface area contributed by atoms with Gasteiger partial charge in [-0.1, -0.05) is 6.07 Å². The highest BCUT2D eigenvalue weighted by molar-refractivity contribution is 7.89. The average molecular weight is 336 g/mol. The molecular formula is C16H17FN2O3S. The van der Waals surface area contributed by atoms with Gasteiger partial charge in [-0.3, -0.25) is 4.79 Å². The fourth-order valence-corrected chi connectivity index (χ4v) is 2.81. The Morgan fingerprint density at radius 3 is 2.26 bits per heavy atom. The number of anilines is 1. The van der Waals surface area contributed by atoms with Crippen LogP contribution in [0.15, 0.2) is 47.4 Å². The summed E-state index contributed by atoms with van der Waals surface area (Å²) < 4.78 is 38.3. The van der Waals surface area contributed by atoms with E-state index in [1.54, 1.807) is 13.0 Å². The van der Waals surface area contributed by atoms with Crippen molar-refractivity contribution in [1.82, 2.24) is 4.31 Å². The molecule has 0 aliphatic heterocycles. The van der Waals surface area contributed by atoms with Crippen LogP contribution in [0.5, 0.6) is 0 Å². The van der Waals surface area contributed by atoms with E-state index >= 15 is 0 Å². The summed E-state index contributed by atoms with van der Waals surface area (Å²) in [5.41, 5.74) is 1.39. The molecule has 0 aliphatic rings. The molecule has 2 aromatic rings. The zero-order valence-corrected chi connectivity index (χ0v) is 13.8. The van der Waals surface area contributed by atoms with Crippen molar-refractivity contribution in [2.75, 3.05) is 19.4 Å². The van der Waals surface area contributed by atoms with Crippen LogP contribution < -0.4 is 5.32 Å². The van der Waals surface area contributed by atoms with Crippen LogP contribution in [0.3, 0.4) is 0 Å². The molecule has 0 radical (unpaired) electrons. The van der Waals surface area contributed by atoms with E-state index in [1.807, 2.05) is 0 Å². The number of hydrogen-bond acceptors (Lipinski definition) is 3. The van der Waals surface area contributed by atoms with Crippen LogP contribution >= 0.6 is 0 Å². The summed E-state index contributed by atoms with van der Waals surface area (Å²) in [6.07, 6.45) is 0. The summed E-state index contributed by atoms with van der Waals surface area (Å²) in [7, 11) is -0.672. The summed E-state index contributed by atoms with van der Waals surface area (Å²) in [6.45, 7) is 1.75. The molecule has 0 saturated carbocycles. The van der Waals surface area contributed by atoms with Crippen LogP contribution in [0.2, 0.25) is 0 Å².